The summed E-state index contributed by atoms with van der Waals surface area (Å²) in [5.74, 6) is 0.484. The first-order valence-corrected chi connectivity index (χ1v) is 7.64. The van der Waals surface area contributed by atoms with E-state index in [1.165, 1.54) is 0 Å². The van der Waals surface area contributed by atoms with Crippen molar-refractivity contribution in [2.75, 3.05) is 5.32 Å². The summed E-state index contributed by atoms with van der Waals surface area (Å²) in [5, 5.41) is 3.56. The summed E-state index contributed by atoms with van der Waals surface area (Å²) in [6.45, 7) is 0. The van der Waals surface area contributed by atoms with Gasteiger partial charge < -0.3 is 5.32 Å². The molecule has 0 bridgehead atoms. The molecule has 1 amide bonds. The third-order valence-electron chi connectivity index (χ3n) is 3.98. The van der Waals surface area contributed by atoms with E-state index in [-0.39, 0.29) is 11.8 Å². The van der Waals surface area contributed by atoms with E-state index in [0.29, 0.717) is 17.3 Å². The molecule has 2 aromatic heterocycles. The van der Waals surface area contributed by atoms with Crippen LogP contribution in [0.3, 0.4) is 0 Å². The molecule has 1 N–H and O–H groups in total. The Morgan fingerprint density at radius 1 is 1.22 bits per heavy atom. The van der Waals surface area contributed by atoms with Gasteiger partial charge in [0.2, 0.25) is 5.91 Å². The standard InChI is InChI=1S/C17H13ClN4O/c18-14-6-2-1-5-12(14)13-8-15(23)21-17-16(13)20-10-22(17)11-4-3-7-19-9-11/h1-7,9-10,13H,8H2,(H,21,23)/t13-/m0/s1. The molecule has 5 nitrogen and oxygen atoms in total. The van der Waals surface area contributed by atoms with Crippen LogP contribution in [0.2, 0.25) is 5.02 Å². The number of nitrogens with zero attached hydrogens (tertiary/aromatic N) is 3. The fraction of sp³-hybridized carbons (Fsp3) is 0.118. The quantitative estimate of drug-likeness (QED) is 0.786. The van der Waals surface area contributed by atoms with Gasteiger partial charge in [0.05, 0.1) is 17.6 Å². The van der Waals surface area contributed by atoms with Gasteiger partial charge in [0, 0.05) is 23.6 Å². The Morgan fingerprint density at radius 3 is 2.87 bits per heavy atom. The van der Waals surface area contributed by atoms with Gasteiger partial charge in [-0.2, -0.15) is 0 Å². The molecular weight excluding hydrogens is 312 g/mol. The third-order valence-corrected chi connectivity index (χ3v) is 4.32. The van der Waals surface area contributed by atoms with Gasteiger partial charge in [-0.05, 0) is 23.8 Å². The van der Waals surface area contributed by atoms with Gasteiger partial charge in [-0.3, -0.25) is 14.3 Å². The summed E-state index contributed by atoms with van der Waals surface area (Å²) >= 11 is 6.32. The molecule has 3 aromatic rings. The highest BCUT2D eigenvalue weighted by atomic mass is 35.5. The number of hydrogen-bond donors (Lipinski definition) is 1. The summed E-state index contributed by atoms with van der Waals surface area (Å²) in [6.07, 6.45) is 5.48. The number of benzene rings is 1. The summed E-state index contributed by atoms with van der Waals surface area (Å²) in [7, 11) is 0. The molecule has 0 aliphatic carbocycles. The molecule has 0 saturated heterocycles. The largest absolute Gasteiger partial charge is 0.310 e. The number of carbonyl (C=O) groups excluding carboxylic acids is 1. The third kappa shape index (κ3) is 2.39. The van der Waals surface area contributed by atoms with Gasteiger partial charge >= 0.3 is 0 Å². The van der Waals surface area contributed by atoms with Crippen LogP contribution in [-0.2, 0) is 4.79 Å². The molecule has 23 heavy (non-hydrogen) atoms. The van der Waals surface area contributed by atoms with Crippen molar-refractivity contribution in [1.82, 2.24) is 14.5 Å². The van der Waals surface area contributed by atoms with E-state index in [4.69, 9.17) is 11.6 Å². The van der Waals surface area contributed by atoms with Gasteiger partial charge in [-0.25, -0.2) is 4.98 Å². The van der Waals surface area contributed by atoms with Crippen molar-refractivity contribution in [3.8, 4) is 5.69 Å². The van der Waals surface area contributed by atoms with Crippen LogP contribution in [0.4, 0.5) is 5.82 Å². The van der Waals surface area contributed by atoms with E-state index < -0.39 is 0 Å². The second kappa shape index (κ2) is 5.52. The Balaban J connectivity index is 1.85. The lowest BCUT2D eigenvalue weighted by Crippen LogP contribution is -2.25. The summed E-state index contributed by atoms with van der Waals surface area (Å²) in [4.78, 5) is 20.8. The lowest BCUT2D eigenvalue weighted by molar-refractivity contribution is -0.116. The second-order valence-electron chi connectivity index (χ2n) is 5.39. The van der Waals surface area contributed by atoms with Crippen LogP contribution in [0.1, 0.15) is 23.6 Å². The number of fused-ring (bicyclic) bond motifs is 1. The van der Waals surface area contributed by atoms with Crippen molar-refractivity contribution < 1.29 is 4.79 Å². The zero-order valence-corrected chi connectivity index (χ0v) is 12.9. The van der Waals surface area contributed by atoms with Crippen LogP contribution in [0.5, 0.6) is 0 Å². The SMILES string of the molecule is O=C1C[C@@H](c2ccccc2Cl)c2ncn(-c3cccnc3)c2N1. The minimum absolute atomic E-state index is 0.0481. The molecule has 6 heteroatoms. The normalized spacial score (nSPS) is 16.7. The van der Waals surface area contributed by atoms with Gasteiger partial charge in [-0.1, -0.05) is 29.8 Å². The molecule has 0 radical (unpaired) electrons. The maximum atomic E-state index is 12.2. The molecule has 1 aliphatic heterocycles. The number of aromatic nitrogens is 3. The van der Waals surface area contributed by atoms with Crippen molar-refractivity contribution in [3.05, 3.63) is 71.4 Å². The van der Waals surface area contributed by atoms with Gasteiger partial charge in [0.15, 0.2) is 0 Å². The second-order valence-corrected chi connectivity index (χ2v) is 5.79. The Kier molecular flexibility index (Phi) is 3.35. The number of amides is 1. The highest BCUT2D eigenvalue weighted by molar-refractivity contribution is 6.31. The van der Waals surface area contributed by atoms with E-state index >= 15 is 0 Å². The van der Waals surface area contributed by atoms with E-state index in [2.05, 4.69) is 15.3 Å². The minimum atomic E-state index is -0.148. The van der Waals surface area contributed by atoms with Crippen molar-refractivity contribution in [1.29, 1.82) is 0 Å². The van der Waals surface area contributed by atoms with E-state index in [9.17, 15) is 4.79 Å². The average Bonchev–Trinajstić information content (AvgIpc) is 2.99. The Labute approximate surface area is 138 Å². The number of hydrogen-bond acceptors (Lipinski definition) is 3. The van der Waals surface area contributed by atoms with Crippen molar-refractivity contribution >= 4 is 23.3 Å². The summed E-state index contributed by atoms with van der Waals surface area (Å²) < 4.78 is 1.84. The molecule has 0 fully saturated rings. The zero-order chi connectivity index (χ0) is 15.8. The molecule has 0 unspecified atom stereocenters. The molecule has 1 aliphatic rings. The zero-order valence-electron chi connectivity index (χ0n) is 12.1. The Hall–Kier alpha value is -2.66. The van der Waals surface area contributed by atoms with Crippen LogP contribution >= 0.6 is 11.6 Å². The molecule has 1 atom stereocenters. The van der Waals surface area contributed by atoms with Crippen molar-refractivity contribution in [2.45, 2.75) is 12.3 Å². The number of rotatable bonds is 2. The fourth-order valence-corrected chi connectivity index (χ4v) is 3.18. The smallest absolute Gasteiger partial charge is 0.226 e. The minimum Gasteiger partial charge on any atom is -0.310 e. The van der Waals surface area contributed by atoms with Crippen molar-refractivity contribution in [3.63, 3.8) is 0 Å². The monoisotopic (exact) mass is 324 g/mol. The van der Waals surface area contributed by atoms with Crippen LogP contribution in [0, 0.1) is 0 Å². The van der Waals surface area contributed by atoms with E-state index in [1.807, 2.05) is 41.0 Å². The van der Waals surface area contributed by atoms with E-state index in [0.717, 1.165) is 16.9 Å². The van der Waals surface area contributed by atoms with Crippen LogP contribution < -0.4 is 5.32 Å². The molecule has 0 saturated carbocycles. The highest BCUT2D eigenvalue weighted by Crippen LogP contribution is 2.39. The van der Waals surface area contributed by atoms with Gasteiger partial charge in [-0.15, -0.1) is 0 Å². The van der Waals surface area contributed by atoms with Crippen molar-refractivity contribution in [2.24, 2.45) is 0 Å². The van der Waals surface area contributed by atoms with Crippen LogP contribution in [0.15, 0.2) is 55.1 Å². The topological polar surface area (TPSA) is 59.8 Å². The number of anilines is 1. The predicted octanol–water partition coefficient (Wildman–Crippen LogP) is 3.39. The average molecular weight is 325 g/mol. The number of imidazole rings is 1. The molecular formula is C17H13ClN4O. The predicted molar refractivity (Wildman–Crippen MR) is 87.9 cm³/mol. The molecule has 4 rings (SSSR count). The first kappa shape index (κ1) is 14.0. The highest BCUT2D eigenvalue weighted by Gasteiger charge is 2.31. The van der Waals surface area contributed by atoms with Crippen LogP contribution in [0.25, 0.3) is 5.69 Å². The lowest BCUT2D eigenvalue weighted by Gasteiger charge is -2.24. The van der Waals surface area contributed by atoms with Gasteiger partial charge in [0.1, 0.15) is 12.1 Å². The first-order valence-electron chi connectivity index (χ1n) is 7.26. The molecule has 3 heterocycles. The maximum Gasteiger partial charge on any atom is 0.226 e. The summed E-state index contributed by atoms with van der Waals surface area (Å²) in [5.41, 5.74) is 2.59. The number of halogens is 1. The molecule has 0 spiro atoms. The number of nitrogens with one attached hydrogen (secondary N) is 1. The fourth-order valence-electron chi connectivity index (χ4n) is 2.91. The van der Waals surface area contributed by atoms with Crippen LogP contribution in [-0.4, -0.2) is 20.4 Å². The molecule has 114 valence electrons. The first-order chi connectivity index (χ1) is 11.2. The molecule has 1 aromatic carbocycles. The Bertz CT molecular complexity index is 875. The van der Waals surface area contributed by atoms with E-state index in [1.54, 1.807) is 18.7 Å². The number of pyridine rings is 1. The number of carbonyl (C=O) groups is 1. The lowest BCUT2D eigenvalue weighted by atomic mass is 9.90. The Morgan fingerprint density at radius 2 is 2.09 bits per heavy atom. The van der Waals surface area contributed by atoms with Gasteiger partial charge in [0.25, 0.3) is 0 Å². The summed E-state index contributed by atoms with van der Waals surface area (Å²) in [6, 6.07) is 11.3. The maximum absolute atomic E-state index is 12.2.